The molecule has 1 N–H and O–H groups in total. The van der Waals surface area contributed by atoms with Crippen molar-refractivity contribution in [3.8, 4) is 0 Å². The lowest BCUT2D eigenvalue weighted by Crippen LogP contribution is -2.10. The van der Waals surface area contributed by atoms with Gasteiger partial charge in [0.25, 0.3) is 0 Å². The van der Waals surface area contributed by atoms with Gasteiger partial charge in [0.15, 0.2) is 10.5 Å². The molecule has 3 atom stereocenters. The molecule has 1 saturated carbocycles. The first kappa shape index (κ1) is 9.21. The third-order valence-corrected chi connectivity index (χ3v) is 3.76. The number of nitrogens with one attached hydrogen (secondary N) is 1. The van der Waals surface area contributed by atoms with E-state index in [0.717, 1.165) is 12.8 Å². The summed E-state index contributed by atoms with van der Waals surface area (Å²) in [5.74, 6) is 1.05. The van der Waals surface area contributed by atoms with Crippen LogP contribution in [0.5, 0.6) is 0 Å². The maximum atomic E-state index is 13.8. The number of nitrogens with zero attached hydrogens (tertiary/aromatic N) is 1. The topological polar surface area (TPSA) is 28.7 Å². The number of fused-ring (bicyclic) bond motifs is 2. The predicted octanol–water partition coefficient (Wildman–Crippen LogP) is 2.96. The monoisotopic (exact) mass is 222 g/mol. The van der Waals surface area contributed by atoms with Crippen LogP contribution in [-0.4, -0.2) is 9.97 Å². The van der Waals surface area contributed by atoms with Gasteiger partial charge in [-0.1, -0.05) is 24.4 Å². The van der Waals surface area contributed by atoms with E-state index in [0.29, 0.717) is 17.5 Å². The van der Waals surface area contributed by atoms with Crippen molar-refractivity contribution in [2.45, 2.75) is 18.8 Å². The molecule has 1 aromatic heterocycles. The van der Waals surface area contributed by atoms with Crippen molar-refractivity contribution >= 4 is 12.2 Å². The Labute approximate surface area is 92.2 Å². The van der Waals surface area contributed by atoms with Crippen LogP contribution >= 0.6 is 12.2 Å². The Kier molecular flexibility index (Phi) is 1.99. The first-order chi connectivity index (χ1) is 7.25. The summed E-state index contributed by atoms with van der Waals surface area (Å²) in [6, 6.07) is 0. The Morgan fingerprint density at radius 2 is 2.27 bits per heavy atom. The van der Waals surface area contributed by atoms with E-state index in [1.165, 1.54) is 6.33 Å². The van der Waals surface area contributed by atoms with E-state index < -0.39 is 0 Å². The zero-order valence-corrected chi connectivity index (χ0v) is 8.93. The Hall–Kier alpha value is -1.03. The fourth-order valence-electron chi connectivity index (χ4n) is 2.78. The number of H-pyrrole nitrogens is 1. The van der Waals surface area contributed by atoms with Gasteiger partial charge in [-0.15, -0.1) is 0 Å². The molecule has 2 aliphatic rings. The first-order valence-corrected chi connectivity index (χ1v) is 5.58. The van der Waals surface area contributed by atoms with E-state index in [2.05, 4.69) is 22.1 Å². The second kappa shape index (κ2) is 3.23. The third kappa shape index (κ3) is 1.35. The van der Waals surface area contributed by atoms with Crippen molar-refractivity contribution in [1.82, 2.24) is 9.97 Å². The second-order valence-electron chi connectivity index (χ2n) is 4.32. The van der Waals surface area contributed by atoms with Crippen LogP contribution in [0.3, 0.4) is 0 Å². The molecule has 0 spiro atoms. The summed E-state index contributed by atoms with van der Waals surface area (Å²) in [5.41, 5.74) is 0.645. The van der Waals surface area contributed by atoms with Gasteiger partial charge < -0.3 is 4.98 Å². The Morgan fingerprint density at radius 3 is 2.93 bits per heavy atom. The average molecular weight is 222 g/mol. The summed E-state index contributed by atoms with van der Waals surface area (Å²) in [7, 11) is 0. The number of hydrogen-bond acceptors (Lipinski definition) is 2. The molecule has 2 bridgehead atoms. The summed E-state index contributed by atoms with van der Waals surface area (Å²) < 4.78 is 13.8. The van der Waals surface area contributed by atoms with Crippen molar-refractivity contribution in [3.63, 3.8) is 0 Å². The number of aromatic nitrogens is 2. The van der Waals surface area contributed by atoms with E-state index in [-0.39, 0.29) is 16.4 Å². The highest BCUT2D eigenvalue weighted by molar-refractivity contribution is 7.71. The van der Waals surface area contributed by atoms with E-state index in [4.69, 9.17) is 12.2 Å². The van der Waals surface area contributed by atoms with Crippen molar-refractivity contribution in [1.29, 1.82) is 0 Å². The van der Waals surface area contributed by atoms with Crippen LogP contribution in [0.4, 0.5) is 4.39 Å². The number of aromatic amines is 1. The highest BCUT2D eigenvalue weighted by Crippen LogP contribution is 2.48. The molecule has 78 valence electrons. The highest BCUT2D eigenvalue weighted by atomic mass is 32.1. The summed E-state index contributed by atoms with van der Waals surface area (Å²) in [6.45, 7) is 0. The fourth-order valence-corrected chi connectivity index (χ4v) is 2.94. The molecule has 1 heterocycles. The molecular formula is C11H11FN2S. The molecule has 3 rings (SSSR count). The number of allylic oxidation sites excluding steroid dienone is 2. The van der Waals surface area contributed by atoms with Gasteiger partial charge in [0, 0.05) is 5.92 Å². The van der Waals surface area contributed by atoms with Crippen LogP contribution in [-0.2, 0) is 0 Å². The zero-order valence-electron chi connectivity index (χ0n) is 8.11. The van der Waals surface area contributed by atoms with Crippen LogP contribution in [0.2, 0.25) is 0 Å². The zero-order chi connectivity index (χ0) is 10.4. The smallest absolute Gasteiger partial charge is 0.179 e. The SMILES string of the molecule is Fc1c(C2CC3C=CC2C3)[nH]cnc1=S. The summed E-state index contributed by atoms with van der Waals surface area (Å²) >= 11 is 4.84. The maximum absolute atomic E-state index is 13.8. The third-order valence-electron chi connectivity index (χ3n) is 3.48. The van der Waals surface area contributed by atoms with E-state index in [9.17, 15) is 4.39 Å². The molecule has 4 heteroatoms. The van der Waals surface area contributed by atoms with E-state index in [1.54, 1.807) is 0 Å². The van der Waals surface area contributed by atoms with Gasteiger partial charge in [-0.05, 0) is 24.7 Å². The molecule has 0 aromatic carbocycles. The van der Waals surface area contributed by atoms with Crippen LogP contribution < -0.4 is 0 Å². The molecule has 2 aliphatic carbocycles. The fraction of sp³-hybridized carbons (Fsp3) is 0.455. The average Bonchev–Trinajstić information content (AvgIpc) is 2.83. The van der Waals surface area contributed by atoms with Crippen LogP contribution in [0, 0.1) is 22.3 Å². The van der Waals surface area contributed by atoms with Crippen LogP contribution in [0.25, 0.3) is 0 Å². The van der Waals surface area contributed by atoms with Gasteiger partial charge in [0.1, 0.15) is 0 Å². The quantitative estimate of drug-likeness (QED) is 0.584. The van der Waals surface area contributed by atoms with Crippen molar-refractivity contribution in [2.75, 3.05) is 0 Å². The van der Waals surface area contributed by atoms with Crippen molar-refractivity contribution in [2.24, 2.45) is 11.8 Å². The number of hydrogen-bond donors (Lipinski definition) is 1. The molecule has 0 radical (unpaired) electrons. The molecular weight excluding hydrogens is 211 g/mol. The van der Waals surface area contributed by atoms with Crippen molar-refractivity contribution in [3.05, 3.63) is 34.6 Å². The largest absolute Gasteiger partial charge is 0.347 e. The molecule has 15 heavy (non-hydrogen) atoms. The number of rotatable bonds is 1. The molecule has 0 aliphatic heterocycles. The van der Waals surface area contributed by atoms with Crippen LogP contribution in [0.1, 0.15) is 24.5 Å². The van der Waals surface area contributed by atoms with E-state index >= 15 is 0 Å². The first-order valence-electron chi connectivity index (χ1n) is 5.17. The Bertz CT molecular complexity index is 480. The van der Waals surface area contributed by atoms with E-state index in [1.807, 2.05) is 0 Å². The molecule has 0 amide bonds. The maximum Gasteiger partial charge on any atom is 0.179 e. The second-order valence-corrected chi connectivity index (χ2v) is 4.71. The van der Waals surface area contributed by atoms with Gasteiger partial charge in [-0.3, -0.25) is 0 Å². The lowest BCUT2D eigenvalue weighted by atomic mass is 9.90. The van der Waals surface area contributed by atoms with Crippen LogP contribution in [0.15, 0.2) is 18.5 Å². The van der Waals surface area contributed by atoms with Crippen molar-refractivity contribution < 1.29 is 4.39 Å². The minimum atomic E-state index is -0.335. The standard InChI is InChI=1S/C11H11FN2S/c12-9-10(13-5-14-11(9)15)8-4-6-1-2-7(8)3-6/h1-2,5-8H,3-4H2,(H,13,14,15). The lowest BCUT2D eigenvalue weighted by Gasteiger charge is -2.18. The summed E-state index contributed by atoms with van der Waals surface area (Å²) in [5, 5.41) is 0. The highest BCUT2D eigenvalue weighted by Gasteiger charge is 2.38. The minimum absolute atomic E-state index is 0.0792. The lowest BCUT2D eigenvalue weighted by molar-refractivity contribution is 0.507. The predicted molar refractivity (Wildman–Crippen MR) is 57.5 cm³/mol. The Morgan fingerprint density at radius 1 is 1.40 bits per heavy atom. The van der Waals surface area contributed by atoms with Gasteiger partial charge in [-0.2, -0.15) is 0 Å². The normalized spacial score (nSPS) is 32.5. The molecule has 0 saturated heterocycles. The van der Waals surface area contributed by atoms with Gasteiger partial charge in [0.05, 0.1) is 12.0 Å². The summed E-state index contributed by atoms with van der Waals surface area (Å²) in [4.78, 5) is 6.66. The Balaban J connectivity index is 2.04. The molecule has 3 unspecified atom stereocenters. The van der Waals surface area contributed by atoms with Gasteiger partial charge >= 0.3 is 0 Å². The van der Waals surface area contributed by atoms with Gasteiger partial charge in [-0.25, -0.2) is 9.37 Å². The van der Waals surface area contributed by atoms with Gasteiger partial charge in [0.2, 0.25) is 0 Å². The minimum Gasteiger partial charge on any atom is -0.347 e. The molecule has 1 fully saturated rings. The molecule has 2 nitrogen and oxygen atoms in total. The molecule has 1 aromatic rings. The summed E-state index contributed by atoms with van der Waals surface area (Å²) in [6.07, 6.45) is 8.14. The number of halogens is 1.